The Labute approximate surface area is 214 Å². The second-order valence-corrected chi connectivity index (χ2v) is 13.9. The fourth-order valence-corrected chi connectivity index (χ4v) is 8.25. The molecule has 0 aliphatic carbocycles. The second kappa shape index (κ2) is 10.4. The molecule has 0 N–H and O–H groups in total. The van der Waals surface area contributed by atoms with Crippen molar-refractivity contribution < 1.29 is 16.8 Å². The third-order valence-electron chi connectivity index (χ3n) is 6.63. The van der Waals surface area contributed by atoms with Crippen molar-refractivity contribution in [3.05, 3.63) is 58.6 Å². The van der Waals surface area contributed by atoms with Gasteiger partial charge in [0.1, 0.15) is 0 Å². The predicted molar refractivity (Wildman–Crippen MR) is 139 cm³/mol. The Morgan fingerprint density at radius 2 is 1.51 bits per heavy atom. The first-order chi connectivity index (χ1) is 16.5. The number of halogens is 1. The van der Waals surface area contributed by atoms with Gasteiger partial charge in [-0.15, -0.1) is 0 Å². The largest absolute Gasteiger partial charge is 0.378 e. The first-order valence-corrected chi connectivity index (χ1v) is 15.0. The molecule has 1 fully saturated rings. The summed E-state index contributed by atoms with van der Waals surface area (Å²) in [4.78, 5) is 2.17. The minimum atomic E-state index is -3.67. The van der Waals surface area contributed by atoms with E-state index in [1.54, 1.807) is 30.3 Å². The molecule has 0 radical (unpaired) electrons. The molecule has 4 rings (SSSR count). The molecule has 0 amide bonds. The van der Waals surface area contributed by atoms with Crippen LogP contribution in [-0.2, 0) is 33.2 Å². The predicted octanol–water partition coefficient (Wildman–Crippen LogP) is 3.04. The summed E-state index contributed by atoms with van der Waals surface area (Å²) in [6.45, 7) is 3.73. The molecule has 0 bridgehead atoms. The molecule has 8 nitrogen and oxygen atoms in total. The van der Waals surface area contributed by atoms with Crippen LogP contribution in [0.3, 0.4) is 0 Å². The molecule has 11 heteroatoms. The van der Waals surface area contributed by atoms with Crippen molar-refractivity contribution >= 4 is 37.5 Å². The maximum Gasteiger partial charge on any atom is 0.282 e. The molecule has 192 valence electrons. The van der Waals surface area contributed by atoms with Gasteiger partial charge >= 0.3 is 0 Å². The van der Waals surface area contributed by atoms with E-state index in [4.69, 9.17) is 11.6 Å². The van der Waals surface area contributed by atoms with Gasteiger partial charge in [0.15, 0.2) is 0 Å². The van der Waals surface area contributed by atoms with Gasteiger partial charge in [0, 0.05) is 64.1 Å². The normalized spacial score (nSPS) is 21.2. The summed E-state index contributed by atoms with van der Waals surface area (Å²) < 4.78 is 58.2. The SMILES string of the molecule is C[C@H]1CN(S(=O)(=O)c2ccc(N(C)C)cc2)CCCN(S(=O)(=O)N2CCc3cc(Cl)ccc3C2)C1. The van der Waals surface area contributed by atoms with Gasteiger partial charge in [0.2, 0.25) is 10.0 Å². The molecular formula is C24H33ClN4O4S2. The van der Waals surface area contributed by atoms with Crippen molar-refractivity contribution in [3.63, 3.8) is 0 Å². The quantitative estimate of drug-likeness (QED) is 0.582. The fraction of sp³-hybridized carbons (Fsp3) is 0.500. The summed E-state index contributed by atoms with van der Waals surface area (Å²) in [5.74, 6) is -0.156. The smallest absolute Gasteiger partial charge is 0.282 e. The number of fused-ring (bicyclic) bond motifs is 1. The standard InChI is InChI=1S/C24H33ClN4O4S2/c1-19-16-27(34(30,31)24-9-7-23(8-10-24)26(2)3)12-4-13-28(17-19)35(32,33)29-14-11-20-15-22(25)6-5-21(20)18-29/h5-10,15,19H,4,11-14,16-18H2,1-3H3/t19-/m0/s1. The summed E-state index contributed by atoms with van der Waals surface area (Å²) in [6.07, 6.45) is 1.05. The number of sulfonamides is 1. The minimum Gasteiger partial charge on any atom is -0.378 e. The molecule has 0 unspecified atom stereocenters. The number of hydrogen-bond donors (Lipinski definition) is 0. The van der Waals surface area contributed by atoms with Crippen molar-refractivity contribution in [1.82, 2.24) is 12.9 Å². The van der Waals surface area contributed by atoms with Crippen molar-refractivity contribution in [3.8, 4) is 0 Å². The Morgan fingerprint density at radius 3 is 2.20 bits per heavy atom. The van der Waals surface area contributed by atoms with Gasteiger partial charge in [-0.2, -0.15) is 21.3 Å². The molecule has 0 spiro atoms. The van der Waals surface area contributed by atoms with E-state index in [1.165, 1.54) is 12.9 Å². The molecule has 1 saturated heterocycles. The first kappa shape index (κ1) is 26.4. The summed E-state index contributed by atoms with van der Waals surface area (Å²) in [7, 11) is -3.52. The summed E-state index contributed by atoms with van der Waals surface area (Å²) in [6, 6.07) is 12.4. The molecule has 2 aliphatic heterocycles. The Morgan fingerprint density at radius 1 is 0.857 bits per heavy atom. The van der Waals surface area contributed by atoms with E-state index in [1.807, 2.05) is 38.1 Å². The number of nitrogens with zero attached hydrogens (tertiary/aromatic N) is 4. The van der Waals surface area contributed by atoms with Gasteiger partial charge in [-0.1, -0.05) is 24.6 Å². The van der Waals surface area contributed by atoms with Crippen LogP contribution in [0, 0.1) is 5.92 Å². The highest BCUT2D eigenvalue weighted by molar-refractivity contribution is 7.89. The molecule has 2 aromatic rings. The lowest BCUT2D eigenvalue weighted by Crippen LogP contribution is -2.50. The maximum absolute atomic E-state index is 13.5. The van der Waals surface area contributed by atoms with Crippen LogP contribution >= 0.6 is 11.6 Å². The topological polar surface area (TPSA) is 81.2 Å². The van der Waals surface area contributed by atoms with Crippen molar-refractivity contribution in [2.75, 3.05) is 51.7 Å². The highest BCUT2D eigenvalue weighted by Gasteiger charge is 2.36. The first-order valence-electron chi connectivity index (χ1n) is 11.8. The van der Waals surface area contributed by atoms with E-state index < -0.39 is 20.2 Å². The van der Waals surface area contributed by atoms with Crippen LogP contribution in [0.25, 0.3) is 0 Å². The van der Waals surface area contributed by atoms with Gasteiger partial charge in [-0.3, -0.25) is 0 Å². The third kappa shape index (κ3) is 5.68. The molecule has 35 heavy (non-hydrogen) atoms. The van der Waals surface area contributed by atoms with Crippen LogP contribution < -0.4 is 4.90 Å². The Balaban J connectivity index is 1.46. The zero-order valence-electron chi connectivity index (χ0n) is 20.4. The van der Waals surface area contributed by atoms with Crippen LogP contribution in [0.4, 0.5) is 5.69 Å². The highest BCUT2D eigenvalue weighted by Crippen LogP contribution is 2.27. The number of benzene rings is 2. The molecule has 2 aromatic carbocycles. The van der Waals surface area contributed by atoms with Gasteiger partial charge in [0.05, 0.1) is 4.90 Å². The van der Waals surface area contributed by atoms with Crippen molar-refractivity contribution in [2.45, 2.75) is 31.2 Å². The molecule has 0 saturated carbocycles. The van der Waals surface area contributed by atoms with E-state index in [2.05, 4.69) is 0 Å². The number of hydrogen-bond acceptors (Lipinski definition) is 5. The van der Waals surface area contributed by atoms with E-state index in [9.17, 15) is 16.8 Å². The average molecular weight is 541 g/mol. The molecule has 2 aliphatic rings. The van der Waals surface area contributed by atoms with Gasteiger partial charge in [0.25, 0.3) is 10.2 Å². The number of rotatable bonds is 5. The lowest BCUT2D eigenvalue weighted by molar-refractivity contribution is 0.242. The molecular weight excluding hydrogens is 508 g/mol. The minimum absolute atomic E-state index is 0.156. The summed E-state index contributed by atoms with van der Waals surface area (Å²) in [5.41, 5.74) is 2.99. The molecule has 2 heterocycles. The summed E-state index contributed by atoms with van der Waals surface area (Å²) >= 11 is 6.09. The van der Waals surface area contributed by atoms with Crippen LogP contribution in [-0.4, -0.2) is 76.6 Å². The van der Waals surface area contributed by atoms with Crippen LogP contribution in [0.15, 0.2) is 47.4 Å². The van der Waals surface area contributed by atoms with E-state index in [0.717, 1.165) is 16.8 Å². The Hall–Kier alpha value is -1.69. The Kier molecular flexibility index (Phi) is 7.80. The van der Waals surface area contributed by atoms with E-state index in [-0.39, 0.29) is 37.0 Å². The zero-order chi connectivity index (χ0) is 25.4. The fourth-order valence-electron chi connectivity index (χ4n) is 4.71. The lowest BCUT2D eigenvalue weighted by Gasteiger charge is -2.37. The second-order valence-electron chi connectivity index (χ2n) is 9.57. The van der Waals surface area contributed by atoms with Crippen LogP contribution in [0.1, 0.15) is 24.5 Å². The van der Waals surface area contributed by atoms with Crippen LogP contribution in [0.2, 0.25) is 5.02 Å². The highest BCUT2D eigenvalue weighted by atomic mass is 35.5. The monoisotopic (exact) mass is 540 g/mol. The van der Waals surface area contributed by atoms with Gasteiger partial charge in [-0.25, -0.2) is 8.42 Å². The van der Waals surface area contributed by atoms with Crippen molar-refractivity contribution in [1.29, 1.82) is 0 Å². The van der Waals surface area contributed by atoms with Crippen LogP contribution in [0.5, 0.6) is 0 Å². The van der Waals surface area contributed by atoms with E-state index in [0.29, 0.717) is 31.0 Å². The van der Waals surface area contributed by atoms with E-state index >= 15 is 0 Å². The lowest BCUT2D eigenvalue weighted by atomic mass is 10.0. The van der Waals surface area contributed by atoms with Crippen molar-refractivity contribution in [2.24, 2.45) is 5.92 Å². The average Bonchev–Trinajstić information content (AvgIpc) is 2.80. The van der Waals surface area contributed by atoms with Gasteiger partial charge < -0.3 is 4.90 Å². The zero-order valence-corrected chi connectivity index (χ0v) is 22.8. The third-order valence-corrected chi connectivity index (χ3v) is 10.7. The van der Waals surface area contributed by atoms with Gasteiger partial charge in [-0.05, 0) is 66.3 Å². The molecule has 0 aromatic heterocycles. The number of anilines is 1. The molecule has 1 atom stereocenters. The maximum atomic E-state index is 13.5. The Bertz CT molecular complexity index is 1270. The summed E-state index contributed by atoms with van der Waals surface area (Å²) in [5, 5.41) is 0.658.